The number of carbonyl (C=O) groups is 1. The number of aromatic nitrogens is 2. The quantitative estimate of drug-likeness (QED) is 0.930. The smallest absolute Gasteiger partial charge is 0.253 e. The summed E-state index contributed by atoms with van der Waals surface area (Å²) in [6.07, 6.45) is 2.76. The number of carbonyl (C=O) groups excluding carboxylic acids is 1. The van der Waals surface area contributed by atoms with Crippen molar-refractivity contribution in [3.63, 3.8) is 0 Å². The van der Waals surface area contributed by atoms with Gasteiger partial charge in [0.05, 0.1) is 18.2 Å². The van der Waals surface area contributed by atoms with Crippen LogP contribution in [0.2, 0.25) is 0 Å². The molecule has 1 N–H and O–H groups in total. The summed E-state index contributed by atoms with van der Waals surface area (Å²) in [7, 11) is 1.58. The Bertz CT molecular complexity index is 832. The molecule has 1 atom stereocenters. The molecule has 128 valence electrons. The second kappa shape index (κ2) is 7.26. The molecule has 6 nitrogen and oxygen atoms in total. The predicted octanol–water partition coefficient (Wildman–Crippen LogP) is 2.70. The van der Waals surface area contributed by atoms with Gasteiger partial charge in [-0.15, -0.1) is 0 Å². The molecule has 0 bridgehead atoms. The minimum Gasteiger partial charge on any atom is -0.371 e. The Morgan fingerprint density at radius 2 is 2.32 bits per heavy atom. The van der Waals surface area contributed by atoms with Crippen molar-refractivity contribution in [2.24, 2.45) is 5.92 Å². The molecule has 2 aromatic rings. The van der Waals surface area contributed by atoms with Gasteiger partial charge in [-0.05, 0) is 25.0 Å². The number of nitrogens with one attached hydrogen (secondary N) is 1. The summed E-state index contributed by atoms with van der Waals surface area (Å²) in [5, 5.41) is 11.8. The molecule has 1 aromatic heterocycles. The van der Waals surface area contributed by atoms with E-state index in [0.717, 1.165) is 19.0 Å². The molecule has 0 saturated carbocycles. The number of halogens is 1. The zero-order chi connectivity index (χ0) is 17.8. The van der Waals surface area contributed by atoms with Gasteiger partial charge in [-0.3, -0.25) is 4.79 Å². The highest BCUT2D eigenvalue weighted by molar-refractivity contribution is 5.95. The molecule has 1 aliphatic heterocycles. The van der Waals surface area contributed by atoms with Gasteiger partial charge in [0.2, 0.25) is 0 Å². The monoisotopic (exact) mass is 339 g/mol. The van der Waals surface area contributed by atoms with Gasteiger partial charge < -0.3 is 10.2 Å². The average Bonchev–Trinajstić information content (AvgIpc) is 2.68. The maximum absolute atomic E-state index is 13.5. The van der Waals surface area contributed by atoms with Crippen LogP contribution in [-0.2, 0) is 0 Å². The maximum atomic E-state index is 13.5. The van der Waals surface area contributed by atoms with Crippen molar-refractivity contribution in [3.05, 3.63) is 41.8 Å². The number of hydrogen-bond acceptors (Lipinski definition) is 5. The Morgan fingerprint density at radius 3 is 3.08 bits per heavy atom. The van der Waals surface area contributed by atoms with Gasteiger partial charge >= 0.3 is 0 Å². The summed E-state index contributed by atoms with van der Waals surface area (Å²) in [5.74, 6) is -0.310. The van der Waals surface area contributed by atoms with E-state index in [2.05, 4.69) is 21.4 Å². The summed E-state index contributed by atoms with van der Waals surface area (Å²) in [4.78, 5) is 22.6. The number of anilines is 1. The lowest BCUT2D eigenvalue weighted by Gasteiger charge is -2.29. The SMILES string of the molecule is CNc1nc(-c2cccc(C(=O)N3CCC[C@H](C#N)C3)c2)ncc1F. The molecule has 0 radical (unpaired) electrons. The minimum absolute atomic E-state index is 0.106. The van der Waals surface area contributed by atoms with Crippen molar-refractivity contribution >= 4 is 11.7 Å². The molecule has 0 spiro atoms. The van der Waals surface area contributed by atoms with E-state index in [-0.39, 0.29) is 17.6 Å². The van der Waals surface area contributed by atoms with Crippen molar-refractivity contribution in [3.8, 4) is 17.5 Å². The van der Waals surface area contributed by atoms with Crippen LogP contribution in [0.5, 0.6) is 0 Å². The Hall–Kier alpha value is -3.01. The van der Waals surface area contributed by atoms with Crippen molar-refractivity contribution in [2.45, 2.75) is 12.8 Å². The van der Waals surface area contributed by atoms with Crippen LogP contribution in [0.25, 0.3) is 11.4 Å². The number of piperidine rings is 1. The first-order chi connectivity index (χ1) is 12.1. The molecule has 25 heavy (non-hydrogen) atoms. The first kappa shape index (κ1) is 16.8. The fraction of sp³-hybridized carbons (Fsp3) is 0.333. The predicted molar refractivity (Wildman–Crippen MR) is 91.2 cm³/mol. The Morgan fingerprint density at radius 1 is 1.48 bits per heavy atom. The average molecular weight is 339 g/mol. The zero-order valence-electron chi connectivity index (χ0n) is 13.9. The summed E-state index contributed by atoms with van der Waals surface area (Å²) in [6, 6.07) is 9.19. The molecule has 3 rings (SSSR count). The molecule has 1 fully saturated rings. The highest BCUT2D eigenvalue weighted by Crippen LogP contribution is 2.22. The maximum Gasteiger partial charge on any atom is 0.253 e. The molecular weight excluding hydrogens is 321 g/mol. The lowest BCUT2D eigenvalue weighted by Crippen LogP contribution is -2.39. The zero-order valence-corrected chi connectivity index (χ0v) is 13.9. The third-order valence-electron chi connectivity index (χ3n) is 4.24. The highest BCUT2D eigenvalue weighted by Gasteiger charge is 2.24. The van der Waals surface area contributed by atoms with Crippen LogP contribution in [-0.4, -0.2) is 40.9 Å². The topological polar surface area (TPSA) is 81.9 Å². The minimum atomic E-state index is -0.533. The van der Waals surface area contributed by atoms with Crippen LogP contribution in [0.1, 0.15) is 23.2 Å². The molecule has 2 heterocycles. The third-order valence-corrected chi connectivity index (χ3v) is 4.24. The van der Waals surface area contributed by atoms with Gasteiger partial charge in [0.1, 0.15) is 0 Å². The van der Waals surface area contributed by atoms with E-state index in [1.54, 1.807) is 36.2 Å². The third kappa shape index (κ3) is 3.58. The van der Waals surface area contributed by atoms with Gasteiger partial charge in [-0.1, -0.05) is 12.1 Å². The van der Waals surface area contributed by atoms with Crippen LogP contribution in [0.3, 0.4) is 0 Å². The fourth-order valence-corrected chi connectivity index (χ4v) is 2.92. The van der Waals surface area contributed by atoms with E-state index in [1.165, 1.54) is 0 Å². The number of nitrogens with zero attached hydrogens (tertiary/aromatic N) is 4. The number of benzene rings is 1. The van der Waals surface area contributed by atoms with Gasteiger partial charge in [-0.2, -0.15) is 5.26 Å². The molecule has 1 saturated heterocycles. The van der Waals surface area contributed by atoms with Crippen LogP contribution in [0.4, 0.5) is 10.2 Å². The molecule has 1 aromatic carbocycles. The van der Waals surface area contributed by atoms with Crippen molar-refractivity contribution in [1.29, 1.82) is 5.26 Å². The van der Waals surface area contributed by atoms with Gasteiger partial charge in [0.15, 0.2) is 17.5 Å². The fourth-order valence-electron chi connectivity index (χ4n) is 2.92. The summed E-state index contributed by atoms with van der Waals surface area (Å²) < 4.78 is 13.5. The van der Waals surface area contributed by atoms with Crippen LogP contribution >= 0.6 is 0 Å². The summed E-state index contributed by atoms with van der Waals surface area (Å²) in [6.45, 7) is 1.11. The Kier molecular flexibility index (Phi) is 4.89. The summed E-state index contributed by atoms with van der Waals surface area (Å²) >= 11 is 0. The van der Waals surface area contributed by atoms with E-state index in [9.17, 15) is 9.18 Å². The first-order valence-electron chi connectivity index (χ1n) is 8.12. The number of hydrogen-bond donors (Lipinski definition) is 1. The van der Waals surface area contributed by atoms with E-state index >= 15 is 0 Å². The normalized spacial score (nSPS) is 17.0. The molecule has 1 amide bonds. The largest absolute Gasteiger partial charge is 0.371 e. The van der Waals surface area contributed by atoms with E-state index in [4.69, 9.17) is 5.26 Å². The van der Waals surface area contributed by atoms with E-state index in [1.807, 2.05) is 0 Å². The number of rotatable bonds is 3. The number of likely N-dealkylation sites (tertiary alicyclic amines) is 1. The van der Waals surface area contributed by atoms with Crippen molar-refractivity contribution in [1.82, 2.24) is 14.9 Å². The summed E-state index contributed by atoms with van der Waals surface area (Å²) in [5.41, 5.74) is 1.14. The van der Waals surface area contributed by atoms with Gasteiger partial charge in [-0.25, -0.2) is 14.4 Å². The van der Waals surface area contributed by atoms with E-state index in [0.29, 0.717) is 30.0 Å². The standard InChI is InChI=1S/C18H18FN5O/c1-21-17-15(19)10-22-16(23-17)13-5-2-6-14(8-13)18(25)24-7-3-4-12(9-20)11-24/h2,5-6,8,10,12H,3-4,7,11H2,1H3,(H,21,22,23)/t12-/m1/s1. The van der Waals surface area contributed by atoms with Crippen LogP contribution in [0.15, 0.2) is 30.5 Å². The van der Waals surface area contributed by atoms with E-state index < -0.39 is 5.82 Å². The first-order valence-corrected chi connectivity index (χ1v) is 8.12. The second-order valence-corrected chi connectivity index (χ2v) is 5.94. The molecule has 0 aliphatic carbocycles. The second-order valence-electron chi connectivity index (χ2n) is 5.94. The molecule has 7 heteroatoms. The Labute approximate surface area is 145 Å². The van der Waals surface area contributed by atoms with Crippen LogP contribution < -0.4 is 5.32 Å². The van der Waals surface area contributed by atoms with Crippen LogP contribution in [0, 0.1) is 23.1 Å². The van der Waals surface area contributed by atoms with Crippen molar-refractivity contribution in [2.75, 3.05) is 25.5 Å². The van der Waals surface area contributed by atoms with Crippen molar-refractivity contribution < 1.29 is 9.18 Å². The highest BCUT2D eigenvalue weighted by atomic mass is 19.1. The molecular formula is C18H18FN5O. The molecule has 1 aliphatic rings. The Balaban J connectivity index is 1.86. The lowest BCUT2D eigenvalue weighted by molar-refractivity contribution is 0.0699. The van der Waals surface area contributed by atoms with Gasteiger partial charge in [0, 0.05) is 31.3 Å². The van der Waals surface area contributed by atoms with Gasteiger partial charge in [0.25, 0.3) is 5.91 Å². The lowest BCUT2D eigenvalue weighted by atomic mass is 9.98. The number of amides is 1. The molecule has 0 unspecified atom stereocenters. The number of nitriles is 1.